The van der Waals surface area contributed by atoms with Gasteiger partial charge in [-0.15, -0.1) is 0 Å². The van der Waals surface area contributed by atoms with Crippen molar-refractivity contribution in [1.82, 2.24) is 19.7 Å². The highest BCUT2D eigenvalue weighted by molar-refractivity contribution is 6.30. The second-order valence-corrected chi connectivity index (χ2v) is 8.72. The number of hydrogen-bond acceptors (Lipinski definition) is 5. The topological polar surface area (TPSA) is 86.0 Å². The Morgan fingerprint density at radius 1 is 1.03 bits per heavy atom. The molecule has 1 N–H and O–H groups in total. The minimum Gasteiger partial charge on any atom is -0.410 e. The quantitative estimate of drug-likeness (QED) is 0.636. The maximum absolute atomic E-state index is 13.2. The van der Waals surface area contributed by atoms with Gasteiger partial charge in [-0.25, -0.2) is 4.79 Å². The molecule has 0 unspecified atom stereocenters. The molecule has 1 saturated heterocycles. The first-order chi connectivity index (χ1) is 15.4. The molecule has 0 saturated carbocycles. The molecular formula is C24H26N4O4. The Morgan fingerprint density at radius 3 is 2.53 bits per heavy atom. The highest BCUT2D eigenvalue weighted by Gasteiger charge is 2.37. The molecule has 32 heavy (non-hydrogen) atoms. The fraction of sp³-hybridized carbons (Fsp3) is 0.375. The summed E-state index contributed by atoms with van der Waals surface area (Å²) in [5.41, 5.74) is 2.42. The maximum Gasteiger partial charge on any atom is 0.415 e. The lowest BCUT2D eigenvalue weighted by Gasteiger charge is -2.25. The molecule has 1 aromatic heterocycles. The Balaban J connectivity index is 1.53. The summed E-state index contributed by atoms with van der Waals surface area (Å²) in [5.74, 6) is -0.127. The number of aromatic nitrogens is 1. The Morgan fingerprint density at radius 2 is 1.78 bits per heavy atom. The second-order valence-electron chi connectivity index (χ2n) is 8.72. The lowest BCUT2D eigenvalue weighted by Crippen LogP contribution is -2.37. The van der Waals surface area contributed by atoms with Crippen LogP contribution in [0.2, 0.25) is 0 Å². The van der Waals surface area contributed by atoms with Crippen LogP contribution in [0.4, 0.5) is 4.79 Å². The molecule has 3 heterocycles. The molecule has 2 aliphatic heterocycles. The molecule has 0 spiro atoms. The number of piperidine rings is 1. The van der Waals surface area contributed by atoms with E-state index in [1.807, 2.05) is 31.1 Å². The van der Waals surface area contributed by atoms with E-state index in [-0.39, 0.29) is 17.9 Å². The number of carbonyl (C=O) groups excluding carboxylic acids is 3. The van der Waals surface area contributed by atoms with E-state index in [1.54, 1.807) is 23.1 Å². The van der Waals surface area contributed by atoms with Gasteiger partial charge in [0, 0.05) is 48.0 Å². The van der Waals surface area contributed by atoms with E-state index in [9.17, 15) is 14.4 Å². The number of nitrogens with one attached hydrogen (secondary N) is 1. The number of hydrogen-bond donors (Lipinski definition) is 1. The summed E-state index contributed by atoms with van der Waals surface area (Å²) in [7, 11) is 3.81. The van der Waals surface area contributed by atoms with Crippen molar-refractivity contribution in [1.29, 1.82) is 0 Å². The second kappa shape index (κ2) is 7.94. The third kappa shape index (κ3) is 3.40. The van der Waals surface area contributed by atoms with E-state index in [4.69, 9.17) is 4.74 Å². The van der Waals surface area contributed by atoms with Gasteiger partial charge in [0.15, 0.2) is 0 Å². The first-order valence-electron chi connectivity index (χ1n) is 11.0. The van der Waals surface area contributed by atoms with Crippen molar-refractivity contribution in [2.75, 3.05) is 40.3 Å². The zero-order valence-corrected chi connectivity index (χ0v) is 18.3. The van der Waals surface area contributed by atoms with Crippen molar-refractivity contribution in [3.63, 3.8) is 0 Å². The van der Waals surface area contributed by atoms with E-state index < -0.39 is 0 Å². The van der Waals surface area contributed by atoms with Gasteiger partial charge in [-0.1, -0.05) is 0 Å². The molecule has 8 nitrogen and oxygen atoms in total. The van der Waals surface area contributed by atoms with Crippen LogP contribution in [0.1, 0.15) is 40.0 Å². The van der Waals surface area contributed by atoms with Gasteiger partial charge in [0.05, 0.1) is 11.1 Å². The van der Waals surface area contributed by atoms with Crippen LogP contribution in [0.25, 0.3) is 21.8 Å². The Hall–Kier alpha value is -3.39. The monoisotopic (exact) mass is 434 g/mol. The highest BCUT2D eigenvalue weighted by atomic mass is 16.6. The van der Waals surface area contributed by atoms with Crippen molar-refractivity contribution in [3.8, 4) is 5.75 Å². The molecule has 0 radical (unpaired) electrons. The van der Waals surface area contributed by atoms with Crippen LogP contribution in [0.15, 0.2) is 30.3 Å². The standard InChI is InChI=1S/C24H26N4O4/c1-26(2)12-13-28-22(29)16-7-9-19-20(21(16)23(28)30)17-14-15(6-8-18(17)25-19)32-24(31)27-10-4-3-5-11-27/h6-9,14,25H,3-5,10-13H2,1-2H3. The lowest BCUT2D eigenvalue weighted by molar-refractivity contribution is 0.0645. The number of amides is 3. The van der Waals surface area contributed by atoms with Crippen LogP contribution in [0.5, 0.6) is 5.75 Å². The van der Waals surface area contributed by atoms with Gasteiger partial charge in [0.2, 0.25) is 0 Å². The predicted octanol–water partition coefficient (Wildman–Crippen LogP) is 3.46. The van der Waals surface area contributed by atoms with Crippen LogP contribution in [0.3, 0.4) is 0 Å². The molecule has 0 bridgehead atoms. The average molecular weight is 434 g/mol. The van der Waals surface area contributed by atoms with Crippen LogP contribution in [-0.4, -0.2) is 77.9 Å². The highest BCUT2D eigenvalue weighted by Crippen LogP contribution is 2.36. The Kier molecular flexibility index (Phi) is 5.09. The lowest BCUT2D eigenvalue weighted by atomic mass is 10.0. The number of nitrogens with zero attached hydrogens (tertiary/aromatic N) is 3. The fourth-order valence-corrected chi connectivity index (χ4v) is 4.55. The van der Waals surface area contributed by atoms with Gasteiger partial charge >= 0.3 is 6.09 Å². The minimum absolute atomic E-state index is 0.268. The SMILES string of the molecule is CN(C)CCN1C(=O)c2ccc3[nH]c4ccc(OC(=O)N5CCCCC5)cc4c3c2C1=O. The van der Waals surface area contributed by atoms with Gasteiger partial charge in [-0.05, 0) is 63.7 Å². The molecule has 3 amide bonds. The summed E-state index contributed by atoms with van der Waals surface area (Å²) in [4.78, 5) is 47.0. The predicted molar refractivity (Wildman–Crippen MR) is 121 cm³/mol. The third-order valence-corrected chi connectivity index (χ3v) is 6.26. The summed E-state index contributed by atoms with van der Waals surface area (Å²) in [5, 5.41) is 1.45. The number of ether oxygens (including phenoxy) is 1. The molecule has 8 heteroatoms. The Labute approximate surface area is 185 Å². The Bertz CT molecular complexity index is 1240. The van der Waals surface area contributed by atoms with Gasteiger partial charge in [0.25, 0.3) is 11.8 Å². The number of benzene rings is 2. The number of carbonyl (C=O) groups is 3. The van der Waals surface area contributed by atoms with E-state index in [0.717, 1.165) is 35.7 Å². The summed E-state index contributed by atoms with van der Waals surface area (Å²) in [6.07, 6.45) is 2.76. The number of imide groups is 1. The van der Waals surface area contributed by atoms with E-state index in [0.29, 0.717) is 48.4 Å². The molecule has 0 aliphatic carbocycles. The van der Waals surface area contributed by atoms with Crippen LogP contribution >= 0.6 is 0 Å². The van der Waals surface area contributed by atoms with Gasteiger partial charge < -0.3 is 19.5 Å². The number of H-pyrrole nitrogens is 1. The number of rotatable bonds is 4. The van der Waals surface area contributed by atoms with Gasteiger partial charge in [-0.2, -0.15) is 0 Å². The molecule has 3 aromatic rings. The minimum atomic E-state index is -0.352. The molecule has 2 aromatic carbocycles. The van der Waals surface area contributed by atoms with Crippen molar-refractivity contribution in [3.05, 3.63) is 41.5 Å². The van der Waals surface area contributed by atoms with Gasteiger partial charge in [-0.3, -0.25) is 14.5 Å². The van der Waals surface area contributed by atoms with Crippen LogP contribution in [0, 0.1) is 0 Å². The molecule has 166 valence electrons. The number of fused-ring (bicyclic) bond motifs is 5. The van der Waals surface area contributed by atoms with Crippen LogP contribution in [-0.2, 0) is 0 Å². The first-order valence-corrected chi connectivity index (χ1v) is 11.0. The maximum atomic E-state index is 13.2. The third-order valence-electron chi connectivity index (χ3n) is 6.26. The normalized spacial score (nSPS) is 16.5. The van der Waals surface area contributed by atoms with Crippen molar-refractivity contribution in [2.24, 2.45) is 0 Å². The number of likely N-dealkylation sites (N-methyl/N-ethyl adjacent to an activating group) is 1. The van der Waals surface area contributed by atoms with Crippen molar-refractivity contribution < 1.29 is 19.1 Å². The molecule has 2 aliphatic rings. The smallest absolute Gasteiger partial charge is 0.410 e. The fourth-order valence-electron chi connectivity index (χ4n) is 4.55. The molecular weight excluding hydrogens is 408 g/mol. The number of aromatic amines is 1. The zero-order valence-electron chi connectivity index (χ0n) is 18.3. The number of likely N-dealkylation sites (tertiary alicyclic amines) is 1. The summed E-state index contributed by atoms with van der Waals surface area (Å²) >= 11 is 0. The van der Waals surface area contributed by atoms with Gasteiger partial charge in [0.1, 0.15) is 5.75 Å². The molecule has 0 atom stereocenters. The average Bonchev–Trinajstić information content (AvgIpc) is 3.27. The largest absolute Gasteiger partial charge is 0.415 e. The van der Waals surface area contributed by atoms with Crippen molar-refractivity contribution in [2.45, 2.75) is 19.3 Å². The summed E-state index contributed by atoms with van der Waals surface area (Å²) < 4.78 is 5.64. The van der Waals surface area contributed by atoms with E-state index in [2.05, 4.69) is 4.98 Å². The van der Waals surface area contributed by atoms with E-state index in [1.165, 1.54) is 4.90 Å². The van der Waals surface area contributed by atoms with Crippen LogP contribution < -0.4 is 4.74 Å². The summed E-state index contributed by atoms with van der Waals surface area (Å²) in [6, 6.07) is 8.90. The summed E-state index contributed by atoms with van der Waals surface area (Å²) in [6.45, 7) is 2.35. The first kappa shape index (κ1) is 20.5. The molecule has 5 rings (SSSR count). The molecule has 1 fully saturated rings. The van der Waals surface area contributed by atoms with Crippen molar-refractivity contribution >= 4 is 39.7 Å². The zero-order chi connectivity index (χ0) is 22.4. The van der Waals surface area contributed by atoms with E-state index >= 15 is 0 Å².